The Labute approximate surface area is 287 Å². The second-order valence-electron chi connectivity index (χ2n) is 12.0. The van der Waals surface area contributed by atoms with Crippen LogP contribution in [0.2, 0.25) is 0 Å². The summed E-state index contributed by atoms with van der Waals surface area (Å²) in [7, 11) is -0.814. The van der Waals surface area contributed by atoms with E-state index in [2.05, 4.69) is 0 Å². The Morgan fingerprint density at radius 1 is 0.569 bits per heavy atom. The number of aryl methyl sites for hydroxylation is 2. The first kappa shape index (κ1) is 39.8. The molecule has 0 saturated heterocycles. The molecule has 0 fully saturated rings. The summed E-state index contributed by atoms with van der Waals surface area (Å²) in [4.78, 5) is 0. The highest BCUT2D eigenvalue weighted by Gasteiger charge is 2.42. The maximum atomic E-state index is 14.2. The first-order valence-corrected chi connectivity index (χ1v) is 16.5. The lowest BCUT2D eigenvalue weighted by molar-refractivity contribution is -0.144. The van der Waals surface area contributed by atoms with Crippen LogP contribution >= 0.6 is 7.92 Å². The smallest absolute Gasteiger partial charge is 0.416 e. The number of benzene rings is 4. The van der Waals surface area contributed by atoms with Crippen LogP contribution in [0.1, 0.15) is 65.6 Å². The number of alkyl halides is 12. The van der Waals surface area contributed by atoms with E-state index in [0.717, 1.165) is 12.7 Å². The predicted octanol–water partition coefficient (Wildman–Crippen LogP) is 11.2. The molecule has 0 aromatic heterocycles. The van der Waals surface area contributed by atoms with Crippen LogP contribution in [0.15, 0.2) is 60.7 Å². The van der Waals surface area contributed by atoms with Gasteiger partial charge in [-0.25, -0.2) is 0 Å². The van der Waals surface area contributed by atoms with Gasteiger partial charge in [0.15, 0.2) is 0 Å². The van der Waals surface area contributed by atoms with E-state index in [4.69, 9.17) is 9.47 Å². The summed E-state index contributed by atoms with van der Waals surface area (Å²) in [6.07, 6.45) is -21.2. The number of ether oxygens (including phenoxy) is 2. The monoisotopic (exact) mass is 754 g/mol. The van der Waals surface area contributed by atoms with Crippen LogP contribution in [-0.2, 0) is 31.1 Å². The lowest BCUT2D eigenvalue weighted by atomic mass is 9.86. The van der Waals surface area contributed by atoms with Crippen molar-refractivity contribution in [2.75, 3.05) is 14.2 Å². The normalized spacial score (nSPS) is 12.9. The van der Waals surface area contributed by atoms with E-state index in [-0.39, 0.29) is 40.4 Å². The molecule has 0 unspecified atom stereocenters. The van der Waals surface area contributed by atoms with Crippen molar-refractivity contribution in [1.82, 2.24) is 0 Å². The fourth-order valence-electron chi connectivity index (χ4n) is 5.83. The highest BCUT2D eigenvalue weighted by molar-refractivity contribution is 7.80. The maximum absolute atomic E-state index is 14.2. The summed E-state index contributed by atoms with van der Waals surface area (Å²) in [5, 5.41) is -1.90. The van der Waals surface area contributed by atoms with E-state index in [1.807, 2.05) is 13.8 Å². The minimum Gasteiger partial charge on any atom is -0.496 e. The summed E-state index contributed by atoms with van der Waals surface area (Å²) in [6, 6.07) is 7.15. The zero-order chi connectivity index (χ0) is 38.4. The zero-order valence-electron chi connectivity index (χ0n) is 27.9. The molecule has 0 saturated carbocycles. The Hall–Kier alpha value is -3.93. The van der Waals surface area contributed by atoms with Crippen molar-refractivity contribution < 1.29 is 62.2 Å². The van der Waals surface area contributed by atoms with Crippen molar-refractivity contribution in [2.45, 2.75) is 64.7 Å². The number of halogens is 12. The Morgan fingerprint density at radius 3 is 1.29 bits per heavy atom. The Bertz CT molecular complexity index is 1770. The molecule has 0 aliphatic rings. The second kappa shape index (κ2) is 14.2. The largest absolute Gasteiger partial charge is 0.496 e. The Morgan fingerprint density at radius 2 is 0.961 bits per heavy atom. The Balaban J connectivity index is 2.39. The van der Waals surface area contributed by atoms with Gasteiger partial charge in [0.1, 0.15) is 11.5 Å². The van der Waals surface area contributed by atoms with Crippen molar-refractivity contribution >= 4 is 23.8 Å². The molecule has 4 aromatic rings. The van der Waals surface area contributed by atoms with Gasteiger partial charge in [-0.05, 0) is 103 Å². The molecule has 0 N–H and O–H groups in total. The maximum Gasteiger partial charge on any atom is 0.416 e. The summed E-state index contributed by atoms with van der Waals surface area (Å²) >= 11 is 0. The topological polar surface area (TPSA) is 18.5 Å². The third-order valence-electron chi connectivity index (χ3n) is 8.08. The first-order valence-electron chi connectivity index (χ1n) is 15.2. The molecule has 0 heterocycles. The van der Waals surface area contributed by atoms with E-state index < -0.39 is 65.5 Å². The van der Waals surface area contributed by atoms with Crippen molar-refractivity contribution in [2.24, 2.45) is 0 Å². The quantitative estimate of drug-likeness (QED) is 0.132. The number of rotatable bonds is 8. The molecular formula is C36H31F12O2P. The van der Waals surface area contributed by atoms with Gasteiger partial charge < -0.3 is 9.47 Å². The molecule has 0 spiro atoms. The summed E-state index contributed by atoms with van der Waals surface area (Å²) in [5.41, 5.74) is -4.72. The van der Waals surface area contributed by atoms with Crippen molar-refractivity contribution in [3.63, 3.8) is 0 Å². The van der Waals surface area contributed by atoms with Crippen molar-refractivity contribution in [1.29, 1.82) is 0 Å². The molecular weight excluding hydrogens is 723 g/mol. The minimum absolute atomic E-state index is 0.00444. The van der Waals surface area contributed by atoms with E-state index in [1.165, 1.54) is 19.2 Å². The van der Waals surface area contributed by atoms with Gasteiger partial charge in [-0.15, -0.1) is 0 Å². The average Bonchev–Trinajstić information content (AvgIpc) is 3.02. The predicted molar refractivity (Wildman–Crippen MR) is 172 cm³/mol. The summed E-state index contributed by atoms with van der Waals surface area (Å²) in [5.74, 6) is -0.480. The van der Waals surface area contributed by atoms with Gasteiger partial charge in [0, 0.05) is 10.9 Å². The van der Waals surface area contributed by atoms with Gasteiger partial charge in [0.05, 0.1) is 36.5 Å². The van der Waals surface area contributed by atoms with Gasteiger partial charge >= 0.3 is 24.7 Å². The zero-order valence-corrected chi connectivity index (χ0v) is 28.8. The Kier molecular flexibility index (Phi) is 11.1. The minimum atomic E-state index is -5.39. The van der Waals surface area contributed by atoms with Crippen LogP contribution in [-0.4, -0.2) is 14.2 Å². The number of hydrogen-bond donors (Lipinski definition) is 0. The van der Waals surface area contributed by atoms with Crippen LogP contribution in [0.25, 0.3) is 11.1 Å². The van der Waals surface area contributed by atoms with Gasteiger partial charge in [0.2, 0.25) is 0 Å². The van der Waals surface area contributed by atoms with Crippen molar-refractivity contribution in [3.05, 3.63) is 99.6 Å². The van der Waals surface area contributed by atoms with Gasteiger partial charge in [-0.3, -0.25) is 0 Å². The standard InChI is InChI=1S/C36H31F12O2P/c1-7-20-10-19(4)11-27(18(2)3)30(20)31-28(49-5)8-9-29(50-6)32(31)51(25-14-21(33(37,38)39)12-22(15-25)34(40,41)42)26-16-23(35(43,44)45)13-24(17-26)36(46,47)48/h8-18H,7H2,1-6H3. The van der Waals surface area contributed by atoms with E-state index in [9.17, 15) is 52.7 Å². The molecule has 4 rings (SSSR count). The third kappa shape index (κ3) is 8.42. The number of methoxy groups -OCH3 is 2. The van der Waals surface area contributed by atoms with Gasteiger partial charge in [0.25, 0.3) is 0 Å². The number of hydrogen-bond acceptors (Lipinski definition) is 2. The van der Waals surface area contributed by atoms with Crippen LogP contribution < -0.4 is 25.4 Å². The molecule has 0 bridgehead atoms. The molecule has 0 atom stereocenters. The lowest BCUT2D eigenvalue weighted by Crippen LogP contribution is -2.28. The van der Waals surface area contributed by atoms with Gasteiger partial charge in [-0.2, -0.15) is 52.7 Å². The molecule has 0 aliphatic carbocycles. The molecule has 0 aliphatic heterocycles. The molecule has 2 nitrogen and oxygen atoms in total. The summed E-state index contributed by atoms with van der Waals surface area (Å²) in [6.45, 7) is 7.21. The first-order chi connectivity index (χ1) is 23.4. The second-order valence-corrected chi connectivity index (χ2v) is 14.1. The average molecular weight is 755 g/mol. The third-order valence-corrected chi connectivity index (χ3v) is 10.5. The highest BCUT2D eigenvalue weighted by Crippen LogP contribution is 2.50. The molecule has 0 radical (unpaired) electrons. The van der Waals surface area contributed by atoms with E-state index in [1.54, 1.807) is 26.0 Å². The highest BCUT2D eigenvalue weighted by atomic mass is 31.1. The van der Waals surface area contributed by atoms with Crippen LogP contribution in [0.4, 0.5) is 52.7 Å². The SMILES string of the molecule is CCc1cc(C)cc(C(C)C)c1-c1c(OC)ccc(OC)c1P(c1cc(C(F)(F)F)cc(C(F)(F)F)c1)c1cc(C(F)(F)F)cc(C(F)(F)F)c1. The lowest BCUT2D eigenvalue weighted by Gasteiger charge is -2.30. The van der Waals surface area contributed by atoms with Crippen molar-refractivity contribution in [3.8, 4) is 22.6 Å². The van der Waals surface area contributed by atoms with Crippen LogP contribution in [0, 0.1) is 6.92 Å². The van der Waals surface area contributed by atoms with Crippen LogP contribution in [0.5, 0.6) is 11.5 Å². The molecule has 0 amide bonds. The molecule has 15 heteroatoms. The van der Waals surface area contributed by atoms with E-state index in [0.29, 0.717) is 47.4 Å². The molecule has 51 heavy (non-hydrogen) atoms. The van der Waals surface area contributed by atoms with Gasteiger partial charge in [-0.1, -0.05) is 38.5 Å². The molecule has 276 valence electrons. The fourth-order valence-corrected chi connectivity index (χ4v) is 8.54. The summed E-state index contributed by atoms with van der Waals surface area (Å²) < 4.78 is 182. The van der Waals surface area contributed by atoms with E-state index >= 15 is 0 Å². The van der Waals surface area contributed by atoms with Crippen LogP contribution in [0.3, 0.4) is 0 Å². The molecule has 4 aromatic carbocycles. The fraction of sp³-hybridized carbons (Fsp3) is 0.333.